The van der Waals surface area contributed by atoms with Crippen LogP contribution in [-0.2, 0) is 0 Å². The first-order valence-corrected chi connectivity index (χ1v) is 7.94. The highest BCUT2D eigenvalue weighted by Gasteiger charge is 2.36. The Morgan fingerprint density at radius 3 is 2.78 bits per heavy atom. The quantitative estimate of drug-likeness (QED) is 0.855. The molecule has 118 valence electrons. The lowest BCUT2D eigenvalue weighted by Crippen LogP contribution is -2.45. The van der Waals surface area contributed by atoms with Crippen LogP contribution in [-0.4, -0.2) is 30.0 Å². The van der Waals surface area contributed by atoms with Crippen LogP contribution in [0.1, 0.15) is 28.8 Å². The van der Waals surface area contributed by atoms with E-state index in [1.807, 2.05) is 6.92 Å². The van der Waals surface area contributed by atoms with Gasteiger partial charge >= 0.3 is 0 Å². The summed E-state index contributed by atoms with van der Waals surface area (Å²) in [6.45, 7) is 3.24. The fourth-order valence-electron chi connectivity index (χ4n) is 3.24. The molecule has 4 rings (SSSR count). The summed E-state index contributed by atoms with van der Waals surface area (Å²) in [5.74, 6) is -0.405. The molecular weight excluding hydrogens is 293 g/mol. The zero-order valence-corrected chi connectivity index (χ0v) is 13.0. The average molecular weight is 311 g/mol. The maximum absolute atomic E-state index is 13.8. The van der Waals surface area contributed by atoms with Gasteiger partial charge in [-0.1, -0.05) is 0 Å². The molecule has 4 nitrogen and oxygen atoms in total. The normalized spacial score (nSPS) is 17.1. The Morgan fingerprint density at radius 1 is 1.22 bits per heavy atom. The van der Waals surface area contributed by atoms with Crippen molar-refractivity contribution in [1.29, 1.82) is 0 Å². The molecule has 1 aromatic carbocycles. The summed E-state index contributed by atoms with van der Waals surface area (Å²) in [6, 6.07) is 7.00. The molecule has 2 aromatic rings. The van der Waals surface area contributed by atoms with Gasteiger partial charge in [-0.3, -0.25) is 9.78 Å². The Labute approximate surface area is 134 Å². The molecule has 1 saturated carbocycles. The van der Waals surface area contributed by atoms with Crippen LogP contribution in [0.3, 0.4) is 0 Å². The molecule has 0 saturated heterocycles. The molecule has 0 radical (unpaired) electrons. The van der Waals surface area contributed by atoms with Crippen LogP contribution in [0.5, 0.6) is 0 Å². The maximum atomic E-state index is 13.8. The number of benzene rings is 1. The van der Waals surface area contributed by atoms with E-state index in [-0.39, 0.29) is 11.7 Å². The molecule has 0 atom stereocenters. The molecule has 0 unspecified atom stereocenters. The van der Waals surface area contributed by atoms with Crippen LogP contribution in [0, 0.1) is 12.7 Å². The van der Waals surface area contributed by atoms with Gasteiger partial charge in [0.1, 0.15) is 5.82 Å². The first-order valence-electron chi connectivity index (χ1n) is 7.94. The summed E-state index contributed by atoms with van der Waals surface area (Å²) in [6.07, 6.45) is 5.65. The van der Waals surface area contributed by atoms with Gasteiger partial charge < -0.3 is 9.80 Å². The fraction of sp³-hybridized carbons (Fsp3) is 0.333. The van der Waals surface area contributed by atoms with Crippen LogP contribution < -0.4 is 9.80 Å². The van der Waals surface area contributed by atoms with Crippen LogP contribution in [0.15, 0.2) is 36.7 Å². The van der Waals surface area contributed by atoms with E-state index in [2.05, 4.69) is 9.88 Å². The van der Waals surface area contributed by atoms with Crippen LogP contribution >= 0.6 is 0 Å². The minimum atomic E-state index is -0.314. The number of nitrogens with zero attached hydrogens (tertiary/aromatic N) is 3. The number of fused-ring (bicyclic) bond motifs is 1. The molecule has 1 fully saturated rings. The van der Waals surface area contributed by atoms with Crippen molar-refractivity contribution in [3.8, 4) is 0 Å². The average Bonchev–Trinajstić information content (AvgIpc) is 3.38. The molecule has 0 N–H and O–H groups in total. The van der Waals surface area contributed by atoms with Crippen LogP contribution in [0.4, 0.5) is 15.8 Å². The molecule has 23 heavy (non-hydrogen) atoms. The Balaban J connectivity index is 1.75. The highest BCUT2D eigenvalue weighted by Crippen LogP contribution is 2.40. The summed E-state index contributed by atoms with van der Waals surface area (Å²) in [4.78, 5) is 21.0. The number of rotatable bonds is 2. The highest BCUT2D eigenvalue weighted by atomic mass is 19.1. The van der Waals surface area contributed by atoms with Gasteiger partial charge in [0, 0.05) is 37.1 Å². The second-order valence-electron chi connectivity index (χ2n) is 6.20. The van der Waals surface area contributed by atoms with Gasteiger partial charge in [0.2, 0.25) is 0 Å². The van der Waals surface area contributed by atoms with E-state index in [1.165, 1.54) is 25.0 Å². The van der Waals surface area contributed by atoms with Crippen molar-refractivity contribution < 1.29 is 9.18 Å². The van der Waals surface area contributed by atoms with Crippen LogP contribution in [0.25, 0.3) is 0 Å². The summed E-state index contributed by atoms with van der Waals surface area (Å²) in [7, 11) is 0. The van der Waals surface area contributed by atoms with Crippen LogP contribution in [0.2, 0.25) is 0 Å². The first kappa shape index (κ1) is 14.2. The van der Waals surface area contributed by atoms with Gasteiger partial charge in [-0.2, -0.15) is 0 Å². The molecule has 1 aliphatic heterocycles. The van der Waals surface area contributed by atoms with E-state index in [0.717, 1.165) is 17.8 Å². The fourth-order valence-corrected chi connectivity index (χ4v) is 3.24. The van der Waals surface area contributed by atoms with E-state index >= 15 is 0 Å². The molecule has 0 bridgehead atoms. The molecule has 5 heteroatoms. The summed E-state index contributed by atoms with van der Waals surface area (Å²) >= 11 is 0. The monoisotopic (exact) mass is 311 g/mol. The summed E-state index contributed by atoms with van der Waals surface area (Å²) in [5, 5.41) is 0. The largest absolute Gasteiger partial charge is 0.365 e. The molecular formula is C18H18FN3O. The molecule has 2 aliphatic rings. The number of amides is 1. The van der Waals surface area contributed by atoms with Crippen molar-refractivity contribution in [3.63, 3.8) is 0 Å². The lowest BCUT2D eigenvalue weighted by atomic mass is 10.1. The maximum Gasteiger partial charge on any atom is 0.258 e. The van der Waals surface area contributed by atoms with Crippen molar-refractivity contribution in [1.82, 2.24) is 4.98 Å². The molecule has 1 aliphatic carbocycles. The van der Waals surface area contributed by atoms with Crippen molar-refractivity contribution in [2.45, 2.75) is 25.8 Å². The highest BCUT2D eigenvalue weighted by molar-refractivity contribution is 6.09. The minimum Gasteiger partial charge on any atom is -0.365 e. The number of hydrogen-bond acceptors (Lipinski definition) is 3. The molecule has 2 heterocycles. The van der Waals surface area contributed by atoms with Gasteiger partial charge in [0.25, 0.3) is 5.91 Å². The lowest BCUT2D eigenvalue weighted by molar-refractivity contribution is 0.0986. The van der Waals surface area contributed by atoms with Gasteiger partial charge in [-0.15, -0.1) is 0 Å². The smallest absolute Gasteiger partial charge is 0.258 e. The van der Waals surface area contributed by atoms with E-state index in [9.17, 15) is 9.18 Å². The number of aromatic nitrogens is 1. The van der Waals surface area contributed by atoms with E-state index in [1.54, 1.807) is 29.4 Å². The van der Waals surface area contributed by atoms with Crippen molar-refractivity contribution in [2.75, 3.05) is 22.9 Å². The standard InChI is InChI=1S/C18H18FN3O/c1-12-11-20-7-6-15(12)18(23)22-9-8-21(14-3-4-14)16-5-2-13(19)10-17(16)22/h2,5-7,10-11,14H,3-4,8-9H2,1H3. The zero-order chi connectivity index (χ0) is 16.0. The summed E-state index contributed by atoms with van der Waals surface area (Å²) in [5.41, 5.74) is 3.08. The zero-order valence-electron chi connectivity index (χ0n) is 13.0. The predicted molar refractivity (Wildman–Crippen MR) is 87.4 cm³/mol. The van der Waals surface area contributed by atoms with E-state index < -0.39 is 0 Å². The lowest BCUT2D eigenvalue weighted by Gasteiger charge is -2.38. The van der Waals surface area contributed by atoms with Gasteiger partial charge in [0.15, 0.2) is 0 Å². The second-order valence-corrected chi connectivity index (χ2v) is 6.20. The molecule has 0 spiro atoms. The predicted octanol–water partition coefficient (Wildman–Crippen LogP) is 3.16. The number of aryl methyl sites for hydroxylation is 1. The summed E-state index contributed by atoms with van der Waals surface area (Å²) < 4.78 is 13.8. The number of anilines is 2. The Hall–Kier alpha value is -2.43. The Bertz CT molecular complexity index is 773. The number of carbonyl (C=O) groups excluding carboxylic acids is 1. The van der Waals surface area contributed by atoms with Crippen molar-refractivity contribution >= 4 is 17.3 Å². The SMILES string of the molecule is Cc1cnccc1C(=O)N1CCN(C2CC2)c2ccc(F)cc21. The third-order valence-electron chi connectivity index (χ3n) is 4.59. The third kappa shape index (κ3) is 2.46. The van der Waals surface area contributed by atoms with E-state index in [4.69, 9.17) is 0 Å². The second kappa shape index (κ2) is 5.33. The Kier molecular flexibility index (Phi) is 3.29. The van der Waals surface area contributed by atoms with Crippen molar-refractivity contribution in [2.24, 2.45) is 0 Å². The third-order valence-corrected chi connectivity index (χ3v) is 4.59. The first-order chi connectivity index (χ1) is 11.1. The van der Waals surface area contributed by atoms with Gasteiger partial charge in [0.05, 0.1) is 11.4 Å². The minimum absolute atomic E-state index is 0.0906. The topological polar surface area (TPSA) is 36.4 Å². The van der Waals surface area contributed by atoms with Gasteiger partial charge in [-0.05, 0) is 49.6 Å². The van der Waals surface area contributed by atoms with E-state index in [0.29, 0.717) is 23.8 Å². The number of pyridine rings is 1. The van der Waals surface area contributed by atoms with Crippen molar-refractivity contribution in [3.05, 3.63) is 53.6 Å². The number of halogens is 1. The molecule has 1 amide bonds. The van der Waals surface area contributed by atoms with Gasteiger partial charge in [-0.25, -0.2) is 4.39 Å². The Morgan fingerprint density at radius 2 is 2.04 bits per heavy atom. The number of carbonyl (C=O) groups is 1. The molecule has 1 aromatic heterocycles. The number of hydrogen-bond donors (Lipinski definition) is 0.